The molecule has 0 atom stereocenters. The highest BCUT2D eigenvalue weighted by Crippen LogP contribution is 2.38. The third-order valence-corrected chi connectivity index (χ3v) is 5.63. The fourth-order valence-electron chi connectivity index (χ4n) is 3.13. The molecule has 1 aliphatic carbocycles. The molecule has 0 radical (unpaired) electrons. The van der Waals surface area contributed by atoms with Crippen molar-refractivity contribution in [2.24, 2.45) is 0 Å². The normalized spacial score (nSPS) is 12.7. The van der Waals surface area contributed by atoms with Gasteiger partial charge in [0, 0.05) is 10.9 Å². The highest BCUT2D eigenvalue weighted by molar-refractivity contribution is 7.15. The number of thiophene rings is 1. The van der Waals surface area contributed by atoms with Crippen molar-refractivity contribution in [2.75, 3.05) is 19.5 Å². The number of ether oxygens (including phenoxy) is 2. The maximum absolute atomic E-state index is 13.1. The molecule has 1 amide bonds. The third-order valence-electron chi connectivity index (χ3n) is 4.34. The number of aryl methyl sites for hydroxylation is 1. The Labute approximate surface area is 153 Å². The summed E-state index contributed by atoms with van der Waals surface area (Å²) in [6, 6.07) is 5.27. The number of methoxy groups -OCH3 is 2. The Morgan fingerprint density at radius 2 is 2.15 bits per heavy atom. The molecule has 8 nitrogen and oxygen atoms in total. The van der Waals surface area contributed by atoms with Crippen molar-refractivity contribution >= 4 is 22.9 Å². The lowest BCUT2D eigenvalue weighted by molar-refractivity contribution is 0.102. The molecule has 0 fully saturated rings. The first-order chi connectivity index (χ1) is 12.7. The number of carbonyl (C=O) groups excluding carboxylic acids is 1. The van der Waals surface area contributed by atoms with E-state index in [-0.39, 0.29) is 5.91 Å². The standard InChI is InChI=1S/C17H17N5O3S/c1-24-10-6-7-12(13(8-10)25-2)19-16(23)15-11-4-3-5-14(11)26-17(15)22-9-18-20-21-22/h6-9H,3-5H2,1-2H3,(H,19,23). The topological polar surface area (TPSA) is 91.2 Å². The van der Waals surface area contributed by atoms with Crippen molar-refractivity contribution in [1.29, 1.82) is 0 Å². The first-order valence-corrected chi connectivity index (χ1v) is 8.94. The van der Waals surface area contributed by atoms with E-state index in [4.69, 9.17) is 9.47 Å². The zero-order valence-electron chi connectivity index (χ0n) is 14.4. The van der Waals surface area contributed by atoms with E-state index in [0.29, 0.717) is 22.7 Å². The molecule has 1 aliphatic rings. The van der Waals surface area contributed by atoms with Crippen molar-refractivity contribution in [3.8, 4) is 16.5 Å². The molecule has 0 aliphatic heterocycles. The largest absolute Gasteiger partial charge is 0.497 e. The van der Waals surface area contributed by atoms with Gasteiger partial charge in [0.2, 0.25) is 0 Å². The van der Waals surface area contributed by atoms with Crippen molar-refractivity contribution in [1.82, 2.24) is 20.2 Å². The molecule has 4 rings (SSSR count). The van der Waals surface area contributed by atoms with Crippen LogP contribution in [0.25, 0.3) is 5.00 Å². The van der Waals surface area contributed by atoms with E-state index in [1.54, 1.807) is 48.4 Å². The van der Waals surface area contributed by atoms with Gasteiger partial charge in [0.05, 0.1) is 25.5 Å². The lowest BCUT2D eigenvalue weighted by Gasteiger charge is -2.12. The fraction of sp³-hybridized carbons (Fsp3) is 0.294. The molecule has 0 saturated heterocycles. The summed E-state index contributed by atoms with van der Waals surface area (Å²) in [5.41, 5.74) is 2.30. The van der Waals surface area contributed by atoms with Crippen molar-refractivity contribution in [3.63, 3.8) is 0 Å². The predicted molar refractivity (Wildman–Crippen MR) is 96.6 cm³/mol. The molecule has 2 aromatic heterocycles. The van der Waals surface area contributed by atoms with Crippen LogP contribution in [0, 0.1) is 0 Å². The minimum Gasteiger partial charge on any atom is -0.497 e. The van der Waals surface area contributed by atoms with E-state index in [1.165, 1.54) is 11.2 Å². The van der Waals surface area contributed by atoms with Gasteiger partial charge in [-0.15, -0.1) is 16.4 Å². The predicted octanol–water partition coefficient (Wildman–Crippen LogP) is 2.48. The van der Waals surface area contributed by atoms with Crippen LogP contribution < -0.4 is 14.8 Å². The monoisotopic (exact) mass is 371 g/mol. The van der Waals surface area contributed by atoms with E-state index in [2.05, 4.69) is 20.8 Å². The highest BCUT2D eigenvalue weighted by Gasteiger charge is 2.28. The molecule has 2 heterocycles. The van der Waals surface area contributed by atoms with Gasteiger partial charge in [-0.25, -0.2) is 0 Å². The van der Waals surface area contributed by atoms with Crippen LogP contribution >= 0.6 is 11.3 Å². The summed E-state index contributed by atoms with van der Waals surface area (Å²) >= 11 is 1.57. The molecule has 0 saturated carbocycles. The SMILES string of the molecule is COc1ccc(NC(=O)c2c(-n3cnnn3)sc3c2CCC3)c(OC)c1. The van der Waals surface area contributed by atoms with Crippen LogP contribution in [0.15, 0.2) is 24.5 Å². The molecule has 1 aromatic carbocycles. The number of hydrogen-bond acceptors (Lipinski definition) is 7. The molecular formula is C17H17N5O3S. The summed E-state index contributed by atoms with van der Waals surface area (Å²) in [4.78, 5) is 14.3. The minimum atomic E-state index is -0.196. The number of benzene rings is 1. The van der Waals surface area contributed by atoms with Crippen LogP contribution in [-0.4, -0.2) is 40.3 Å². The first-order valence-electron chi connectivity index (χ1n) is 8.12. The number of carbonyl (C=O) groups is 1. The molecule has 1 N–H and O–H groups in total. The van der Waals surface area contributed by atoms with Gasteiger partial charge in [-0.2, -0.15) is 4.68 Å². The molecule has 9 heteroatoms. The summed E-state index contributed by atoms with van der Waals surface area (Å²) < 4.78 is 12.1. The van der Waals surface area contributed by atoms with Crippen LogP contribution in [-0.2, 0) is 12.8 Å². The third kappa shape index (κ3) is 2.80. The molecule has 0 spiro atoms. The first kappa shape index (κ1) is 16.5. The molecule has 0 unspecified atom stereocenters. The van der Waals surface area contributed by atoms with Gasteiger partial charge in [-0.05, 0) is 47.4 Å². The van der Waals surface area contributed by atoms with Crippen molar-refractivity contribution in [3.05, 3.63) is 40.5 Å². The van der Waals surface area contributed by atoms with Crippen molar-refractivity contribution < 1.29 is 14.3 Å². The van der Waals surface area contributed by atoms with E-state index in [1.807, 2.05) is 0 Å². The second kappa shape index (κ2) is 6.75. The molecule has 26 heavy (non-hydrogen) atoms. The van der Waals surface area contributed by atoms with Gasteiger partial charge in [-0.3, -0.25) is 4.79 Å². The van der Waals surface area contributed by atoms with Crippen LogP contribution in [0.2, 0.25) is 0 Å². The van der Waals surface area contributed by atoms with Crippen LogP contribution in [0.5, 0.6) is 11.5 Å². The van der Waals surface area contributed by atoms with Crippen LogP contribution in [0.1, 0.15) is 27.2 Å². The smallest absolute Gasteiger partial charge is 0.259 e. The second-order valence-electron chi connectivity index (χ2n) is 5.81. The number of hydrogen-bond donors (Lipinski definition) is 1. The summed E-state index contributed by atoms with van der Waals surface area (Å²) in [5.74, 6) is 0.998. The van der Waals surface area contributed by atoms with Gasteiger partial charge >= 0.3 is 0 Å². The Bertz CT molecular complexity index is 952. The number of nitrogens with zero attached hydrogens (tertiary/aromatic N) is 4. The average Bonchev–Trinajstić information content (AvgIpc) is 3.37. The Kier molecular flexibility index (Phi) is 4.29. The Morgan fingerprint density at radius 1 is 1.27 bits per heavy atom. The van der Waals surface area contributed by atoms with E-state index in [0.717, 1.165) is 29.8 Å². The number of anilines is 1. The summed E-state index contributed by atoms with van der Waals surface area (Å²) in [6.45, 7) is 0. The summed E-state index contributed by atoms with van der Waals surface area (Å²) in [6.07, 6.45) is 4.43. The fourth-order valence-corrected chi connectivity index (χ4v) is 4.43. The quantitative estimate of drug-likeness (QED) is 0.741. The van der Waals surface area contributed by atoms with E-state index < -0.39 is 0 Å². The molecule has 0 bridgehead atoms. The Balaban J connectivity index is 1.71. The zero-order chi connectivity index (χ0) is 18.1. The number of rotatable bonds is 5. The Hall–Kier alpha value is -2.94. The van der Waals surface area contributed by atoms with E-state index >= 15 is 0 Å². The van der Waals surface area contributed by atoms with Crippen molar-refractivity contribution in [2.45, 2.75) is 19.3 Å². The average molecular weight is 371 g/mol. The number of fused-ring (bicyclic) bond motifs is 1. The maximum Gasteiger partial charge on any atom is 0.259 e. The molecule has 3 aromatic rings. The van der Waals surface area contributed by atoms with Gasteiger partial charge in [0.15, 0.2) is 0 Å². The number of nitrogens with one attached hydrogen (secondary N) is 1. The summed E-state index contributed by atoms with van der Waals surface area (Å²) in [7, 11) is 3.14. The van der Waals surface area contributed by atoms with Gasteiger partial charge in [0.1, 0.15) is 22.8 Å². The molecule has 134 valence electrons. The summed E-state index contributed by atoms with van der Waals surface area (Å²) in [5, 5.41) is 15.0. The maximum atomic E-state index is 13.1. The number of amides is 1. The zero-order valence-corrected chi connectivity index (χ0v) is 15.2. The highest BCUT2D eigenvalue weighted by atomic mass is 32.1. The Morgan fingerprint density at radius 3 is 2.88 bits per heavy atom. The lowest BCUT2D eigenvalue weighted by atomic mass is 10.1. The van der Waals surface area contributed by atoms with Gasteiger partial charge in [-0.1, -0.05) is 0 Å². The number of tetrazole rings is 1. The second-order valence-corrected chi connectivity index (χ2v) is 6.90. The van der Waals surface area contributed by atoms with Crippen LogP contribution in [0.3, 0.4) is 0 Å². The van der Waals surface area contributed by atoms with Gasteiger partial charge in [0.25, 0.3) is 5.91 Å². The van der Waals surface area contributed by atoms with Crippen LogP contribution in [0.4, 0.5) is 5.69 Å². The number of aromatic nitrogens is 4. The van der Waals surface area contributed by atoms with E-state index in [9.17, 15) is 4.79 Å². The minimum absolute atomic E-state index is 0.196. The lowest BCUT2D eigenvalue weighted by Crippen LogP contribution is -2.16. The van der Waals surface area contributed by atoms with Gasteiger partial charge < -0.3 is 14.8 Å². The molecular weight excluding hydrogens is 354 g/mol.